The van der Waals surface area contributed by atoms with Gasteiger partial charge in [0.05, 0.1) is 11.4 Å². The Hall–Kier alpha value is -2.96. The topological polar surface area (TPSA) is 58.6 Å². The van der Waals surface area contributed by atoms with Gasteiger partial charge in [0.1, 0.15) is 12.3 Å². The lowest BCUT2D eigenvalue weighted by Crippen LogP contribution is -2.47. The van der Waals surface area contributed by atoms with Crippen molar-refractivity contribution in [3.63, 3.8) is 0 Å². The highest BCUT2D eigenvalue weighted by Crippen LogP contribution is 2.29. The molecule has 3 rings (SSSR count). The highest BCUT2D eigenvalue weighted by Gasteiger charge is 2.30. The lowest BCUT2D eigenvalue weighted by molar-refractivity contribution is -0.126. The second-order valence-electron chi connectivity index (χ2n) is 5.33. The summed E-state index contributed by atoms with van der Waals surface area (Å²) in [6.07, 6.45) is -0.978. The van der Waals surface area contributed by atoms with Gasteiger partial charge in [0.15, 0.2) is 17.7 Å². The molecule has 0 unspecified atom stereocenters. The van der Waals surface area contributed by atoms with Crippen molar-refractivity contribution >= 4 is 23.2 Å². The molecule has 1 aliphatic rings. The molecule has 2 aromatic carbocycles. The number of fused-ring (bicyclic) bond motifs is 1. The zero-order valence-corrected chi connectivity index (χ0v) is 12.8. The second kappa shape index (κ2) is 6.27. The van der Waals surface area contributed by atoms with Gasteiger partial charge in [0, 0.05) is 6.07 Å². The summed E-state index contributed by atoms with van der Waals surface area (Å²) < 4.78 is 31.6. The highest BCUT2D eigenvalue weighted by atomic mass is 19.2. The van der Waals surface area contributed by atoms with Crippen molar-refractivity contribution in [1.82, 2.24) is 0 Å². The number of rotatable bonds is 3. The van der Waals surface area contributed by atoms with Crippen molar-refractivity contribution in [2.75, 3.05) is 16.8 Å². The maximum Gasteiger partial charge on any atom is 0.268 e. The van der Waals surface area contributed by atoms with Gasteiger partial charge in [-0.3, -0.25) is 14.5 Å². The summed E-state index contributed by atoms with van der Waals surface area (Å²) in [4.78, 5) is 25.7. The monoisotopic (exact) mass is 332 g/mol. The molecule has 0 bridgehead atoms. The Morgan fingerprint density at radius 3 is 2.71 bits per heavy atom. The molecule has 0 fully saturated rings. The number of halogens is 2. The normalized spacial score (nSPS) is 14.6. The van der Waals surface area contributed by atoms with Crippen LogP contribution >= 0.6 is 0 Å². The highest BCUT2D eigenvalue weighted by molar-refractivity contribution is 6.10. The molecule has 124 valence electrons. The molecule has 0 radical (unpaired) electrons. The molecule has 7 heteroatoms. The van der Waals surface area contributed by atoms with Gasteiger partial charge in [-0.2, -0.15) is 0 Å². The summed E-state index contributed by atoms with van der Waals surface area (Å²) >= 11 is 0. The molecule has 2 aromatic rings. The van der Waals surface area contributed by atoms with Gasteiger partial charge in [0.25, 0.3) is 5.91 Å². The number of carbonyl (C=O) groups is 2. The van der Waals surface area contributed by atoms with E-state index >= 15 is 0 Å². The molecule has 0 aromatic heterocycles. The van der Waals surface area contributed by atoms with E-state index in [9.17, 15) is 18.4 Å². The number of ether oxygens (including phenoxy) is 1. The van der Waals surface area contributed by atoms with E-state index in [1.54, 1.807) is 24.3 Å². The van der Waals surface area contributed by atoms with Crippen LogP contribution in [-0.4, -0.2) is 24.5 Å². The van der Waals surface area contributed by atoms with Gasteiger partial charge in [0.2, 0.25) is 5.91 Å². The zero-order chi connectivity index (χ0) is 17.3. The Morgan fingerprint density at radius 2 is 1.96 bits per heavy atom. The average Bonchev–Trinajstić information content (AvgIpc) is 2.56. The first-order valence-electron chi connectivity index (χ1n) is 7.27. The summed E-state index contributed by atoms with van der Waals surface area (Å²) in [6, 6.07) is 9.91. The predicted octanol–water partition coefficient (Wildman–Crippen LogP) is 2.72. The van der Waals surface area contributed by atoms with E-state index in [1.807, 2.05) is 0 Å². The fraction of sp³-hybridized carbons (Fsp3) is 0.176. The third-order valence-electron chi connectivity index (χ3n) is 3.59. The molecule has 1 aliphatic heterocycles. The quantitative estimate of drug-likeness (QED) is 0.940. The molecule has 1 heterocycles. The molecule has 1 atom stereocenters. The second-order valence-corrected chi connectivity index (χ2v) is 5.33. The maximum atomic E-state index is 13.2. The predicted molar refractivity (Wildman–Crippen MR) is 83.9 cm³/mol. The number of anilines is 2. The Balaban J connectivity index is 1.80. The summed E-state index contributed by atoms with van der Waals surface area (Å²) in [6.45, 7) is 1.35. The third-order valence-corrected chi connectivity index (χ3v) is 3.59. The number of carbonyl (C=O) groups excluding carboxylic acids is 2. The summed E-state index contributed by atoms with van der Waals surface area (Å²) in [7, 11) is 0. The molecule has 2 amide bonds. The first-order chi connectivity index (χ1) is 11.5. The fourth-order valence-electron chi connectivity index (χ4n) is 2.45. The SMILES string of the molecule is C[C@@H](Oc1ccc(F)c(F)c1)C(=O)N1CC(=O)Nc2ccccc21. The Kier molecular flexibility index (Phi) is 4.16. The number of nitrogens with zero attached hydrogens (tertiary/aromatic N) is 1. The molecular formula is C17H14F2N2O3. The molecule has 0 saturated heterocycles. The minimum absolute atomic E-state index is 0.0319. The number of para-hydroxylation sites is 2. The van der Waals surface area contributed by atoms with Crippen molar-refractivity contribution < 1.29 is 23.1 Å². The van der Waals surface area contributed by atoms with E-state index in [2.05, 4.69) is 5.32 Å². The Labute approximate surface area is 136 Å². The lowest BCUT2D eigenvalue weighted by Gasteiger charge is -2.31. The molecule has 5 nitrogen and oxygen atoms in total. The van der Waals surface area contributed by atoms with Crippen LogP contribution in [0.2, 0.25) is 0 Å². The van der Waals surface area contributed by atoms with E-state index in [-0.39, 0.29) is 18.2 Å². The van der Waals surface area contributed by atoms with Gasteiger partial charge in [-0.1, -0.05) is 12.1 Å². The number of hydrogen-bond acceptors (Lipinski definition) is 3. The maximum absolute atomic E-state index is 13.2. The number of hydrogen-bond donors (Lipinski definition) is 1. The van der Waals surface area contributed by atoms with Gasteiger partial charge >= 0.3 is 0 Å². The number of benzene rings is 2. The van der Waals surface area contributed by atoms with Crippen LogP contribution in [0.4, 0.5) is 20.2 Å². The molecule has 24 heavy (non-hydrogen) atoms. The van der Waals surface area contributed by atoms with E-state index in [4.69, 9.17) is 4.74 Å². The van der Waals surface area contributed by atoms with E-state index < -0.39 is 23.6 Å². The van der Waals surface area contributed by atoms with Gasteiger partial charge in [-0.15, -0.1) is 0 Å². The van der Waals surface area contributed by atoms with Crippen LogP contribution in [0.25, 0.3) is 0 Å². The van der Waals surface area contributed by atoms with Gasteiger partial charge in [-0.05, 0) is 31.2 Å². The molecule has 0 saturated carbocycles. The standard InChI is InChI=1S/C17H14F2N2O3/c1-10(24-11-6-7-12(18)13(19)8-11)17(23)21-9-16(22)20-14-4-2-3-5-15(14)21/h2-8,10H,9H2,1H3,(H,20,22)/t10-/m1/s1. The first kappa shape index (κ1) is 15.9. The van der Waals surface area contributed by atoms with Gasteiger partial charge in [-0.25, -0.2) is 8.78 Å². The van der Waals surface area contributed by atoms with Crippen molar-refractivity contribution in [1.29, 1.82) is 0 Å². The Bertz CT molecular complexity index is 810. The molecule has 0 aliphatic carbocycles. The van der Waals surface area contributed by atoms with Crippen LogP contribution in [-0.2, 0) is 9.59 Å². The molecular weight excluding hydrogens is 318 g/mol. The minimum Gasteiger partial charge on any atom is -0.481 e. The van der Waals surface area contributed by atoms with E-state index in [1.165, 1.54) is 17.9 Å². The van der Waals surface area contributed by atoms with Crippen LogP contribution in [0.3, 0.4) is 0 Å². The summed E-state index contributed by atoms with van der Waals surface area (Å²) in [5.41, 5.74) is 1.09. The van der Waals surface area contributed by atoms with Crippen molar-refractivity contribution in [2.24, 2.45) is 0 Å². The van der Waals surface area contributed by atoms with Crippen LogP contribution in [0.15, 0.2) is 42.5 Å². The Morgan fingerprint density at radius 1 is 1.21 bits per heavy atom. The van der Waals surface area contributed by atoms with Crippen LogP contribution in [0, 0.1) is 11.6 Å². The van der Waals surface area contributed by atoms with E-state index in [0.717, 1.165) is 12.1 Å². The third kappa shape index (κ3) is 3.05. The first-order valence-corrected chi connectivity index (χ1v) is 7.27. The smallest absolute Gasteiger partial charge is 0.268 e. The largest absolute Gasteiger partial charge is 0.481 e. The van der Waals surface area contributed by atoms with Crippen LogP contribution in [0.5, 0.6) is 5.75 Å². The van der Waals surface area contributed by atoms with Crippen molar-refractivity contribution in [3.8, 4) is 5.75 Å². The van der Waals surface area contributed by atoms with Crippen LogP contribution < -0.4 is 15.0 Å². The summed E-state index contributed by atoms with van der Waals surface area (Å²) in [5.74, 6) is -2.80. The summed E-state index contributed by atoms with van der Waals surface area (Å²) in [5, 5.41) is 2.68. The number of amides is 2. The van der Waals surface area contributed by atoms with Gasteiger partial charge < -0.3 is 10.1 Å². The molecule has 0 spiro atoms. The van der Waals surface area contributed by atoms with Crippen LogP contribution in [0.1, 0.15) is 6.92 Å². The minimum atomic E-state index is -1.06. The zero-order valence-electron chi connectivity index (χ0n) is 12.8. The lowest BCUT2D eigenvalue weighted by atomic mass is 10.1. The van der Waals surface area contributed by atoms with Crippen molar-refractivity contribution in [2.45, 2.75) is 13.0 Å². The van der Waals surface area contributed by atoms with Crippen molar-refractivity contribution in [3.05, 3.63) is 54.1 Å². The molecule has 1 N–H and O–H groups in total. The fourth-order valence-corrected chi connectivity index (χ4v) is 2.45. The number of nitrogens with one attached hydrogen (secondary N) is 1. The van der Waals surface area contributed by atoms with E-state index in [0.29, 0.717) is 11.4 Å². The average molecular weight is 332 g/mol.